The SMILES string of the molecule is Cc1cc(C(=O)Nc2ncccc2Cl)sc1C. The number of rotatable bonds is 2. The zero-order valence-electron chi connectivity index (χ0n) is 9.45. The molecule has 5 heteroatoms. The summed E-state index contributed by atoms with van der Waals surface area (Å²) in [5.74, 6) is 0.217. The highest BCUT2D eigenvalue weighted by Gasteiger charge is 2.12. The largest absolute Gasteiger partial charge is 0.305 e. The first-order valence-electron chi connectivity index (χ1n) is 5.07. The molecule has 0 radical (unpaired) electrons. The van der Waals surface area contributed by atoms with Crippen molar-refractivity contribution < 1.29 is 4.79 Å². The molecule has 1 N–H and O–H groups in total. The number of halogens is 1. The summed E-state index contributed by atoms with van der Waals surface area (Å²) >= 11 is 7.38. The number of aryl methyl sites for hydroxylation is 2. The van der Waals surface area contributed by atoms with Gasteiger partial charge in [-0.1, -0.05) is 11.6 Å². The van der Waals surface area contributed by atoms with Crippen molar-refractivity contribution in [3.63, 3.8) is 0 Å². The van der Waals surface area contributed by atoms with Crippen LogP contribution in [0, 0.1) is 13.8 Å². The molecule has 88 valence electrons. The fraction of sp³-hybridized carbons (Fsp3) is 0.167. The fourth-order valence-electron chi connectivity index (χ4n) is 1.33. The number of nitrogens with zero attached hydrogens (tertiary/aromatic N) is 1. The van der Waals surface area contributed by atoms with Gasteiger partial charge in [-0.05, 0) is 37.6 Å². The minimum atomic E-state index is -0.174. The minimum Gasteiger partial charge on any atom is -0.305 e. The van der Waals surface area contributed by atoms with Crippen molar-refractivity contribution >= 4 is 34.7 Å². The summed E-state index contributed by atoms with van der Waals surface area (Å²) in [6.07, 6.45) is 1.59. The number of amides is 1. The maximum atomic E-state index is 11.9. The third-order valence-corrected chi connectivity index (χ3v) is 3.84. The van der Waals surface area contributed by atoms with Gasteiger partial charge < -0.3 is 5.32 Å². The first-order chi connectivity index (χ1) is 8.08. The van der Waals surface area contributed by atoms with Gasteiger partial charge in [0.05, 0.1) is 9.90 Å². The van der Waals surface area contributed by atoms with Gasteiger partial charge in [0.1, 0.15) is 0 Å². The summed E-state index contributed by atoms with van der Waals surface area (Å²) in [6, 6.07) is 5.28. The summed E-state index contributed by atoms with van der Waals surface area (Å²) in [5.41, 5.74) is 1.12. The summed E-state index contributed by atoms with van der Waals surface area (Å²) in [5, 5.41) is 3.13. The molecule has 17 heavy (non-hydrogen) atoms. The smallest absolute Gasteiger partial charge is 0.266 e. The fourth-order valence-corrected chi connectivity index (χ4v) is 2.43. The zero-order valence-corrected chi connectivity index (χ0v) is 11.0. The second-order valence-corrected chi connectivity index (χ2v) is 5.30. The van der Waals surface area contributed by atoms with Gasteiger partial charge in [0.15, 0.2) is 5.82 Å². The Morgan fingerprint density at radius 1 is 1.47 bits per heavy atom. The lowest BCUT2D eigenvalue weighted by Crippen LogP contribution is -2.11. The van der Waals surface area contributed by atoms with Crippen molar-refractivity contribution in [3.8, 4) is 0 Å². The first kappa shape index (κ1) is 12.1. The predicted molar refractivity (Wildman–Crippen MR) is 71.0 cm³/mol. The van der Waals surface area contributed by atoms with Crippen LogP contribution in [0.4, 0.5) is 5.82 Å². The minimum absolute atomic E-state index is 0.174. The number of aromatic nitrogens is 1. The van der Waals surface area contributed by atoms with Crippen molar-refractivity contribution in [3.05, 3.63) is 44.7 Å². The molecule has 0 fully saturated rings. The van der Waals surface area contributed by atoms with Crippen LogP contribution in [0.2, 0.25) is 5.02 Å². The summed E-state index contributed by atoms with van der Waals surface area (Å²) in [6.45, 7) is 3.97. The normalized spacial score (nSPS) is 10.3. The maximum Gasteiger partial charge on any atom is 0.266 e. The van der Waals surface area contributed by atoms with E-state index in [9.17, 15) is 4.79 Å². The van der Waals surface area contributed by atoms with Gasteiger partial charge in [-0.3, -0.25) is 4.79 Å². The highest BCUT2D eigenvalue weighted by Crippen LogP contribution is 2.23. The molecule has 2 aromatic heterocycles. The van der Waals surface area contributed by atoms with E-state index in [1.807, 2.05) is 19.9 Å². The monoisotopic (exact) mass is 266 g/mol. The molecule has 0 bridgehead atoms. The summed E-state index contributed by atoms with van der Waals surface area (Å²) < 4.78 is 0. The third kappa shape index (κ3) is 2.65. The molecule has 2 heterocycles. The molecule has 2 rings (SSSR count). The van der Waals surface area contributed by atoms with E-state index >= 15 is 0 Å². The molecular weight excluding hydrogens is 256 g/mol. The van der Waals surface area contributed by atoms with E-state index in [-0.39, 0.29) is 5.91 Å². The van der Waals surface area contributed by atoms with Crippen LogP contribution < -0.4 is 5.32 Å². The zero-order chi connectivity index (χ0) is 12.4. The Labute approximate surface area is 108 Å². The van der Waals surface area contributed by atoms with E-state index in [4.69, 9.17) is 11.6 Å². The number of hydrogen-bond acceptors (Lipinski definition) is 3. The van der Waals surface area contributed by atoms with Crippen LogP contribution in [0.25, 0.3) is 0 Å². The van der Waals surface area contributed by atoms with Crippen LogP contribution in [0.1, 0.15) is 20.1 Å². The highest BCUT2D eigenvalue weighted by atomic mass is 35.5. The quantitative estimate of drug-likeness (QED) is 0.901. The highest BCUT2D eigenvalue weighted by molar-refractivity contribution is 7.14. The van der Waals surface area contributed by atoms with Crippen molar-refractivity contribution in [2.45, 2.75) is 13.8 Å². The standard InChI is InChI=1S/C12H11ClN2OS/c1-7-6-10(17-8(7)2)12(16)15-11-9(13)4-3-5-14-11/h3-6H,1-2H3,(H,14,15,16). The van der Waals surface area contributed by atoms with Gasteiger partial charge in [0.25, 0.3) is 5.91 Å². The number of thiophene rings is 1. The molecule has 0 unspecified atom stereocenters. The molecule has 0 aliphatic heterocycles. The van der Waals surface area contributed by atoms with Crippen LogP contribution in [0.15, 0.2) is 24.4 Å². The molecule has 0 aromatic carbocycles. The Hall–Kier alpha value is -1.39. The van der Waals surface area contributed by atoms with Gasteiger partial charge in [-0.25, -0.2) is 4.98 Å². The van der Waals surface area contributed by atoms with Crippen molar-refractivity contribution in [2.75, 3.05) is 5.32 Å². The second-order valence-electron chi connectivity index (χ2n) is 3.64. The van der Waals surface area contributed by atoms with Gasteiger partial charge in [0.2, 0.25) is 0 Å². The lowest BCUT2D eigenvalue weighted by Gasteiger charge is -2.03. The number of anilines is 1. The number of pyridine rings is 1. The first-order valence-corrected chi connectivity index (χ1v) is 6.26. The number of hydrogen-bond donors (Lipinski definition) is 1. The Morgan fingerprint density at radius 3 is 2.82 bits per heavy atom. The van der Waals surface area contributed by atoms with Crippen LogP contribution in [0.3, 0.4) is 0 Å². The molecule has 0 atom stereocenters. The van der Waals surface area contributed by atoms with Gasteiger partial charge >= 0.3 is 0 Å². The molecule has 3 nitrogen and oxygen atoms in total. The molecule has 0 aliphatic rings. The molecule has 0 aliphatic carbocycles. The van der Waals surface area contributed by atoms with E-state index in [0.29, 0.717) is 15.7 Å². The van der Waals surface area contributed by atoms with Crippen molar-refractivity contribution in [1.29, 1.82) is 0 Å². The second kappa shape index (κ2) is 4.85. The predicted octanol–water partition coefficient (Wildman–Crippen LogP) is 3.67. The number of carbonyl (C=O) groups is 1. The van der Waals surface area contributed by atoms with Crippen LogP contribution in [-0.4, -0.2) is 10.9 Å². The van der Waals surface area contributed by atoms with Crippen LogP contribution in [0.5, 0.6) is 0 Å². The van der Waals surface area contributed by atoms with Gasteiger partial charge in [0, 0.05) is 11.1 Å². The molecule has 1 amide bonds. The Kier molecular flexibility index (Phi) is 3.45. The topological polar surface area (TPSA) is 42.0 Å². The Morgan fingerprint density at radius 2 is 2.24 bits per heavy atom. The van der Waals surface area contributed by atoms with Gasteiger partial charge in [-0.15, -0.1) is 11.3 Å². The van der Waals surface area contributed by atoms with Crippen molar-refractivity contribution in [2.24, 2.45) is 0 Å². The van der Waals surface area contributed by atoms with E-state index in [1.165, 1.54) is 11.3 Å². The van der Waals surface area contributed by atoms with E-state index in [0.717, 1.165) is 10.4 Å². The molecule has 0 saturated heterocycles. The molecular formula is C12H11ClN2OS. The van der Waals surface area contributed by atoms with E-state index in [1.54, 1.807) is 18.3 Å². The average molecular weight is 267 g/mol. The van der Waals surface area contributed by atoms with Gasteiger partial charge in [-0.2, -0.15) is 0 Å². The number of carbonyl (C=O) groups excluding carboxylic acids is 1. The van der Waals surface area contributed by atoms with E-state index < -0.39 is 0 Å². The molecule has 2 aromatic rings. The molecule has 0 saturated carbocycles. The Bertz CT molecular complexity index is 546. The average Bonchev–Trinajstić information content (AvgIpc) is 2.63. The molecule has 0 spiro atoms. The van der Waals surface area contributed by atoms with Crippen LogP contribution >= 0.6 is 22.9 Å². The van der Waals surface area contributed by atoms with Crippen molar-refractivity contribution in [1.82, 2.24) is 4.98 Å². The van der Waals surface area contributed by atoms with E-state index in [2.05, 4.69) is 10.3 Å². The summed E-state index contributed by atoms with van der Waals surface area (Å²) in [7, 11) is 0. The maximum absolute atomic E-state index is 11.9. The lowest BCUT2D eigenvalue weighted by molar-refractivity contribution is 0.103. The Balaban J connectivity index is 2.20. The van der Waals surface area contributed by atoms with Crippen LogP contribution in [-0.2, 0) is 0 Å². The lowest BCUT2D eigenvalue weighted by atomic mass is 10.3. The number of nitrogens with one attached hydrogen (secondary N) is 1. The third-order valence-electron chi connectivity index (χ3n) is 2.38. The summed E-state index contributed by atoms with van der Waals surface area (Å²) in [4.78, 5) is 17.8.